The molecule has 0 atom stereocenters. The van der Waals surface area contributed by atoms with Crippen molar-refractivity contribution in [1.82, 2.24) is 0 Å². The lowest BCUT2D eigenvalue weighted by molar-refractivity contribution is 0.518. The van der Waals surface area contributed by atoms with E-state index in [1.54, 1.807) is 0 Å². The smallest absolute Gasteiger partial charge is 0.0156 e. The number of benzene rings is 2. The van der Waals surface area contributed by atoms with Gasteiger partial charge in [0, 0.05) is 0 Å². The lowest BCUT2D eigenvalue weighted by atomic mass is 9.82. The van der Waals surface area contributed by atoms with Crippen molar-refractivity contribution in [3.8, 4) is 11.1 Å². The summed E-state index contributed by atoms with van der Waals surface area (Å²) in [5, 5.41) is 0. The molecule has 0 radical (unpaired) electrons. The Morgan fingerprint density at radius 1 is 0.737 bits per heavy atom. The monoisotopic (exact) mass is 248 g/mol. The van der Waals surface area contributed by atoms with Crippen LogP contribution in [0.1, 0.15) is 37.2 Å². The van der Waals surface area contributed by atoms with Gasteiger partial charge >= 0.3 is 0 Å². The molecule has 96 valence electrons. The molecule has 1 aliphatic rings. The molecule has 0 aliphatic heterocycles. The van der Waals surface area contributed by atoms with Gasteiger partial charge in [0.25, 0.3) is 0 Å². The lowest BCUT2D eigenvalue weighted by Gasteiger charge is -2.23. The topological polar surface area (TPSA) is 0 Å². The molecule has 0 N–H and O–H groups in total. The summed E-state index contributed by atoms with van der Waals surface area (Å²) in [5.41, 5.74) is 5.53. The molecule has 0 heterocycles. The van der Waals surface area contributed by atoms with E-state index < -0.39 is 0 Å². The third-order valence-electron chi connectivity index (χ3n) is 4.18. The summed E-state index contributed by atoms with van der Waals surface area (Å²) in [6, 6.07) is 19.7. The summed E-state index contributed by atoms with van der Waals surface area (Å²) in [6.45, 7) is 4.10. The zero-order valence-electron chi connectivity index (χ0n) is 11.3. The molecule has 0 aromatic heterocycles. The fourth-order valence-electron chi connectivity index (χ4n) is 2.94. The van der Waals surface area contributed by atoms with Crippen molar-refractivity contribution in [2.24, 2.45) is 0 Å². The Bertz CT molecular complexity index is 538. The Morgan fingerprint density at radius 2 is 1.32 bits per heavy atom. The Balaban J connectivity index is 1.78. The zero-order valence-corrected chi connectivity index (χ0v) is 11.3. The Morgan fingerprint density at radius 3 is 1.95 bits per heavy atom. The minimum Gasteiger partial charge on any atom is -0.0999 e. The Kier molecular flexibility index (Phi) is 3.50. The highest BCUT2D eigenvalue weighted by Gasteiger charge is 2.17. The molecule has 0 spiro atoms. The van der Waals surface area contributed by atoms with Crippen molar-refractivity contribution in [2.75, 3.05) is 0 Å². The van der Waals surface area contributed by atoms with Gasteiger partial charge in [0.05, 0.1) is 0 Å². The van der Waals surface area contributed by atoms with Crippen molar-refractivity contribution in [1.29, 1.82) is 0 Å². The molecule has 1 aliphatic carbocycles. The molecular weight excluding hydrogens is 228 g/mol. The van der Waals surface area contributed by atoms with Gasteiger partial charge in [-0.1, -0.05) is 66.7 Å². The first-order valence-corrected chi connectivity index (χ1v) is 7.15. The third-order valence-corrected chi connectivity index (χ3v) is 4.18. The molecule has 2 aromatic carbocycles. The second kappa shape index (κ2) is 5.44. The lowest BCUT2D eigenvalue weighted by Crippen LogP contribution is -2.05. The van der Waals surface area contributed by atoms with Gasteiger partial charge in [-0.15, -0.1) is 0 Å². The first kappa shape index (κ1) is 12.2. The summed E-state index contributed by atoms with van der Waals surface area (Å²) < 4.78 is 0. The summed E-state index contributed by atoms with van der Waals surface area (Å²) >= 11 is 0. The predicted octanol–water partition coefficient (Wildman–Crippen LogP) is 5.57. The fourth-order valence-corrected chi connectivity index (χ4v) is 2.94. The van der Waals surface area contributed by atoms with Crippen molar-refractivity contribution in [2.45, 2.75) is 31.6 Å². The zero-order chi connectivity index (χ0) is 13.1. The van der Waals surface area contributed by atoms with Crippen LogP contribution in [0, 0.1) is 0 Å². The van der Waals surface area contributed by atoms with Gasteiger partial charge < -0.3 is 0 Å². The highest BCUT2D eigenvalue weighted by atomic mass is 14.2. The van der Waals surface area contributed by atoms with E-state index in [0.717, 1.165) is 5.92 Å². The summed E-state index contributed by atoms with van der Waals surface area (Å²) in [5.74, 6) is 0.732. The van der Waals surface area contributed by atoms with Crippen LogP contribution in [-0.2, 0) is 0 Å². The highest BCUT2D eigenvalue weighted by molar-refractivity contribution is 5.63. The molecule has 0 nitrogen and oxygen atoms in total. The van der Waals surface area contributed by atoms with Gasteiger partial charge in [0.1, 0.15) is 0 Å². The maximum Gasteiger partial charge on any atom is -0.0156 e. The molecule has 3 rings (SSSR count). The van der Waals surface area contributed by atoms with Crippen LogP contribution in [0.15, 0.2) is 66.7 Å². The quantitative estimate of drug-likeness (QED) is 0.610. The normalized spacial score (nSPS) is 16.5. The summed E-state index contributed by atoms with van der Waals surface area (Å²) in [7, 11) is 0. The SMILES string of the molecule is C=C1CCC(c2ccc(-c3ccccc3)cc2)CC1. The van der Waals surface area contributed by atoms with Crippen LogP contribution >= 0.6 is 0 Å². The first-order valence-electron chi connectivity index (χ1n) is 7.15. The molecule has 0 saturated heterocycles. The van der Waals surface area contributed by atoms with Crippen molar-refractivity contribution < 1.29 is 0 Å². The third kappa shape index (κ3) is 2.78. The highest BCUT2D eigenvalue weighted by Crippen LogP contribution is 2.35. The van der Waals surface area contributed by atoms with Crippen LogP contribution in [0.3, 0.4) is 0 Å². The van der Waals surface area contributed by atoms with E-state index in [-0.39, 0.29) is 0 Å². The molecular formula is C19H20. The van der Waals surface area contributed by atoms with Crippen molar-refractivity contribution in [3.05, 3.63) is 72.3 Å². The minimum absolute atomic E-state index is 0.732. The van der Waals surface area contributed by atoms with Gasteiger partial charge in [-0.3, -0.25) is 0 Å². The second-order valence-electron chi connectivity index (χ2n) is 5.51. The van der Waals surface area contributed by atoms with Crippen LogP contribution in [-0.4, -0.2) is 0 Å². The summed E-state index contributed by atoms with van der Waals surface area (Å²) in [4.78, 5) is 0. The average molecular weight is 248 g/mol. The molecule has 19 heavy (non-hydrogen) atoms. The van der Waals surface area contributed by atoms with Gasteiger partial charge in [-0.05, 0) is 48.3 Å². The molecule has 1 fully saturated rings. The van der Waals surface area contributed by atoms with E-state index >= 15 is 0 Å². The predicted molar refractivity (Wildman–Crippen MR) is 82.2 cm³/mol. The number of hydrogen-bond acceptors (Lipinski definition) is 0. The van der Waals surface area contributed by atoms with E-state index in [2.05, 4.69) is 61.2 Å². The molecule has 2 aromatic rings. The maximum absolute atomic E-state index is 4.10. The standard InChI is InChI=1S/C19H20/c1-15-7-9-17(10-8-15)19-13-11-18(12-14-19)16-5-3-2-4-6-16/h2-6,11-14,17H,1,7-10H2. The first-order chi connectivity index (χ1) is 9.33. The van der Waals surface area contributed by atoms with Gasteiger partial charge in [-0.25, -0.2) is 0 Å². The molecule has 0 amide bonds. The molecule has 0 bridgehead atoms. The van der Waals surface area contributed by atoms with E-state index in [1.165, 1.54) is 47.9 Å². The number of rotatable bonds is 2. The summed E-state index contributed by atoms with van der Waals surface area (Å²) in [6.07, 6.45) is 4.93. The Labute approximate surface area is 115 Å². The Hall–Kier alpha value is -1.82. The molecule has 0 heteroatoms. The molecule has 0 unspecified atom stereocenters. The number of allylic oxidation sites excluding steroid dienone is 1. The average Bonchev–Trinajstić information content (AvgIpc) is 2.49. The van der Waals surface area contributed by atoms with Gasteiger partial charge in [0.2, 0.25) is 0 Å². The van der Waals surface area contributed by atoms with Crippen LogP contribution in [0.5, 0.6) is 0 Å². The van der Waals surface area contributed by atoms with Crippen LogP contribution in [0.25, 0.3) is 11.1 Å². The van der Waals surface area contributed by atoms with E-state index in [0.29, 0.717) is 0 Å². The van der Waals surface area contributed by atoms with E-state index in [9.17, 15) is 0 Å². The largest absolute Gasteiger partial charge is 0.0999 e. The van der Waals surface area contributed by atoms with Crippen LogP contribution in [0.2, 0.25) is 0 Å². The van der Waals surface area contributed by atoms with Crippen molar-refractivity contribution >= 4 is 0 Å². The van der Waals surface area contributed by atoms with Crippen LogP contribution in [0.4, 0.5) is 0 Å². The van der Waals surface area contributed by atoms with Crippen LogP contribution < -0.4 is 0 Å². The van der Waals surface area contributed by atoms with Crippen molar-refractivity contribution in [3.63, 3.8) is 0 Å². The van der Waals surface area contributed by atoms with Gasteiger partial charge in [0.15, 0.2) is 0 Å². The van der Waals surface area contributed by atoms with Gasteiger partial charge in [-0.2, -0.15) is 0 Å². The van der Waals surface area contributed by atoms with E-state index in [1.807, 2.05) is 0 Å². The maximum atomic E-state index is 4.10. The molecule has 1 saturated carbocycles. The van der Waals surface area contributed by atoms with E-state index in [4.69, 9.17) is 0 Å². The number of hydrogen-bond donors (Lipinski definition) is 0. The fraction of sp³-hybridized carbons (Fsp3) is 0.263. The minimum atomic E-state index is 0.732. The second-order valence-corrected chi connectivity index (χ2v) is 5.51.